The fourth-order valence-corrected chi connectivity index (χ4v) is 6.56. The van der Waals surface area contributed by atoms with Crippen molar-refractivity contribution in [2.75, 3.05) is 5.75 Å². The zero-order valence-electron chi connectivity index (χ0n) is 21.3. The molecule has 37 heavy (non-hydrogen) atoms. The van der Waals surface area contributed by atoms with Crippen LogP contribution in [0, 0.1) is 0 Å². The number of benzene rings is 2. The Morgan fingerprint density at radius 3 is 2.49 bits per heavy atom. The number of carbonyl (C=O) groups is 1. The van der Waals surface area contributed by atoms with Crippen molar-refractivity contribution in [1.82, 2.24) is 15.6 Å². The maximum Gasteiger partial charge on any atom is 0.238 e. The molecule has 0 radical (unpaired) electrons. The number of amides is 1. The summed E-state index contributed by atoms with van der Waals surface area (Å²) in [5, 5.41) is 17.3. The Hall–Kier alpha value is -2.75. The number of carbonyl (C=O) groups excluding carboxylic acids is 1. The van der Waals surface area contributed by atoms with Gasteiger partial charge in [-0.15, -0.1) is 0 Å². The smallest absolute Gasteiger partial charge is 0.238 e. The minimum Gasteiger partial charge on any atom is -0.438 e. The van der Waals surface area contributed by atoms with Crippen molar-refractivity contribution in [2.45, 2.75) is 81.9 Å². The summed E-state index contributed by atoms with van der Waals surface area (Å²) in [6.07, 6.45) is 5.10. The third kappa shape index (κ3) is 7.63. The van der Waals surface area contributed by atoms with Gasteiger partial charge in [-0.3, -0.25) is 4.79 Å². The van der Waals surface area contributed by atoms with Crippen LogP contribution >= 0.6 is 0 Å². The highest BCUT2D eigenvalue weighted by atomic mass is 32.2. The molecule has 200 valence electrons. The molecule has 1 unspecified atom stereocenters. The topological polar surface area (TPSA) is 122 Å². The van der Waals surface area contributed by atoms with Gasteiger partial charge in [0.2, 0.25) is 11.8 Å². The maximum atomic E-state index is 13.5. The van der Waals surface area contributed by atoms with Gasteiger partial charge >= 0.3 is 0 Å². The van der Waals surface area contributed by atoms with Gasteiger partial charge in [0.1, 0.15) is 11.6 Å². The number of aromatic nitrogens is 1. The van der Waals surface area contributed by atoms with Crippen LogP contribution in [0.25, 0.3) is 11.1 Å². The summed E-state index contributed by atoms with van der Waals surface area (Å²) in [5.41, 5.74) is 1.87. The van der Waals surface area contributed by atoms with Crippen LogP contribution in [-0.2, 0) is 20.4 Å². The molecule has 1 heterocycles. The van der Waals surface area contributed by atoms with E-state index in [1.165, 1.54) is 0 Å². The Morgan fingerprint density at radius 1 is 1.08 bits per heavy atom. The number of oxazole rings is 1. The Labute approximate surface area is 218 Å². The van der Waals surface area contributed by atoms with E-state index in [0.29, 0.717) is 29.5 Å². The predicted molar refractivity (Wildman–Crippen MR) is 144 cm³/mol. The SMILES string of the molecule is CCCC(NC(=O)[C@H](CS(=O)(=O)Cc1ccccc1)NC1CCCCC1)[C@H](O)c1nc2ccccc2o1. The van der Waals surface area contributed by atoms with Crippen LogP contribution in [0.4, 0.5) is 0 Å². The number of nitrogens with zero attached hydrogens (tertiary/aromatic N) is 1. The molecule has 4 rings (SSSR count). The number of para-hydroxylation sites is 2. The van der Waals surface area contributed by atoms with Gasteiger partial charge in [-0.25, -0.2) is 13.4 Å². The van der Waals surface area contributed by atoms with E-state index in [1.54, 1.807) is 36.4 Å². The monoisotopic (exact) mass is 527 g/mol. The number of hydrogen-bond donors (Lipinski definition) is 3. The van der Waals surface area contributed by atoms with Crippen LogP contribution in [0.5, 0.6) is 0 Å². The van der Waals surface area contributed by atoms with E-state index in [1.807, 2.05) is 25.1 Å². The number of fused-ring (bicyclic) bond motifs is 1. The number of hydrogen-bond acceptors (Lipinski definition) is 7. The van der Waals surface area contributed by atoms with Gasteiger partial charge in [-0.1, -0.05) is 75.1 Å². The van der Waals surface area contributed by atoms with Crippen molar-refractivity contribution >= 4 is 26.8 Å². The predicted octanol–water partition coefficient (Wildman–Crippen LogP) is 4.05. The summed E-state index contributed by atoms with van der Waals surface area (Å²) in [4.78, 5) is 17.9. The maximum absolute atomic E-state index is 13.5. The fourth-order valence-electron chi connectivity index (χ4n) is 4.99. The van der Waals surface area contributed by atoms with E-state index < -0.39 is 33.9 Å². The average molecular weight is 528 g/mol. The Balaban J connectivity index is 1.51. The molecular formula is C28H37N3O5S. The second-order valence-corrected chi connectivity index (χ2v) is 12.1. The van der Waals surface area contributed by atoms with Crippen molar-refractivity contribution in [3.8, 4) is 0 Å². The van der Waals surface area contributed by atoms with E-state index in [2.05, 4.69) is 15.6 Å². The van der Waals surface area contributed by atoms with Gasteiger partial charge in [0, 0.05) is 6.04 Å². The Kier molecular flexibility index (Phi) is 9.34. The molecule has 0 aliphatic heterocycles. The quantitative estimate of drug-likeness (QED) is 0.325. The molecule has 1 amide bonds. The summed E-state index contributed by atoms with van der Waals surface area (Å²) in [5.74, 6) is -0.750. The first kappa shape index (κ1) is 27.3. The first-order valence-corrected chi connectivity index (χ1v) is 15.0. The lowest BCUT2D eigenvalue weighted by atomic mass is 9.95. The molecule has 0 saturated heterocycles. The summed E-state index contributed by atoms with van der Waals surface area (Å²) >= 11 is 0. The van der Waals surface area contributed by atoms with Crippen molar-refractivity contribution < 1.29 is 22.7 Å². The lowest BCUT2D eigenvalue weighted by Crippen LogP contribution is -2.55. The molecule has 1 aliphatic rings. The molecule has 1 aliphatic carbocycles. The van der Waals surface area contributed by atoms with E-state index in [0.717, 1.165) is 32.1 Å². The number of aliphatic hydroxyl groups excluding tert-OH is 1. The molecule has 1 fully saturated rings. The van der Waals surface area contributed by atoms with Crippen molar-refractivity contribution in [2.24, 2.45) is 0 Å². The third-order valence-corrected chi connectivity index (χ3v) is 8.49. The van der Waals surface area contributed by atoms with E-state index in [9.17, 15) is 18.3 Å². The zero-order valence-corrected chi connectivity index (χ0v) is 22.1. The number of aliphatic hydroxyl groups is 1. The zero-order chi connectivity index (χ0) is 26.3. The van der Waals surface area contributed by atoms with E-state index >= 15 is 0 Å². The van der Waals surface area contributed by atoms with Crippen LogP contribution in [-0.4, -0.2) is 48.3 Å². The standard InChI is InChI=1S/C28H37N3O5S/c1-2-11-23(26(32)28-31-22-16-9-10-17-25(22)36-28)30-27(33)24(29-21-14-7-4-8-15-21)19-37(34,35)18-20-12-5-3-6-13-20/h3,5-6,9-10,12-13,16-17,21,23-24,26,29,32H,2,4,7-8,11,14-15,18-19H2,1H3,(H,30,33)/t23?,24-,26-/m0/s1. The molecule has 1 aromatic heterocycles. The van der Waals surface area contributed by atoms with Gasteiger partial charge in [0.05, 0.1) is 17.5 Å². The number of rotatable bonds is 12. The van der Waals surface area contributed by atoms with Gasteiger partial charge < -0.3 is 20.2 Å². The first-order chi connectivity index (χ1) is 17.8. The minimum atomic E-state index is -3.58. The molecule has 3 N–H and O–H groups in total. The molecule has 2 aromatic carbocycles. The second-order valence-electron chi connectivity index (χ2n) is 9.96. The molecule has 1 saturated carbocycles. The second kappa shape index (κ2) is 12.7. The van der Waals surface area contributed by atoms with Gasteiger partial charge in [0.25, 0.3) is 0 Å². The largest absolute Gasteiger partial charge is 0.438 e. The summed E-state index contributed by atoms with van der Waals surface area (Å²) in [7, 11) is -3.58. The van der Waals surface area contributed by atoms with E-state index in [-0.39, 0.29) is 23.4 Å². The number of nitrogens with one attached hydrogen (secondary N) is 2. The molecule has 0 spiro atoms. The highest BCUT2D eigenvalue weighted by Gasteiger charge is 2.33. The van der Waals surface area contributed by atoms with Gasteiger partial charge in [0.15, 0.2) is 21.5 Å². The molecule has 0 bridgehead atoms. The Bertz CT molecular complexity index is 1220. The van der Waals surface area contributed by atoms with Gasteiger partial charge in [-0.2, -0.15) is 0 Å². The lowest BCUT2D eigenvalue weighted by molar-refractivity contribution is -0.124. The minimum absolute atomic E-state index is 0.0861. The summed E-state index contributed by atoms with van der Waals surface area (Å²) in [6.45, 7) is 1.96. The van der Waals surface area contributed by atoms with Crippen LogP contribution in [0.1, 0.15) is 69.4 Å². The van der Waals surface area contributed by atoms with Crippen LogP contribution in [0.15, 0.2) is 59.0 Å². The summed E-state index contributed by atoms with van der Waals surface area (Å²) in [6, 6.07) is 14.7. The van der Waals surface area contributed by atoms with Crippen LogP contribution in [0.2, 0.25) is 0 Å². The van der Waals surface area contributed by atoms with Crippen LogP contribution < -0.4 is 10.6 Å². The third-order valence-electron chi connectivity index (χ3n) is 6.88. The average Bonchev–Trinajstić information content (AvgIpc) is 3.33. The highest BCUT2D eigenvalue weighted by molar-refractivity contribution is 7.90. The normalized spacial score (nSPS) is 17.4. The molecule has 3 atom stereocenters. The van der Waals surface area contributed by atoms with Crippen molar-refractivity contribution in [1.29, 1.82) is 0 Å². The molecule has 3 aromatic rings. The van der Waals surface area contributed by atoms with Crippen molar-refractivity contribution in [3.63, 3.8) is 0 Å². The van der Waals surface area contributed by atoms with E-state index in [4.69, 9.17) is 4.42 Å². The number of sulfone groups is 1. The molecule has 9 heteroatoms. The van der Waals surface area contributed by atoms with Gasteiger partial charge in [-0.05, 0) is 37.0 Å². The van der Waals surface area contributed by atoms with Crippen LogP contribution in [0.3, 0.4) is 0 Å². The lowest BCUT2D eigenvalue weighted by Gasteiger charge is -2.30. The molecular weight excluding hydrogens is 490 g/mol. The molecule has 8 nitrogen and oxygen atoms in total. The highest BCUT2D eigenvalue weighted by Crippen LogP contribution is 2.24. The van der Waals surface area contributed by atoms with Crippen molar-refractivity contribution in [3.05, 3.63) is 66.1 Å². The Morgan fingerprint density at radius 2 is 1.78 bits per heavy atom. The summed E-state index contributed by atoms with van der Waals surface area (Å²) < 4.78 is 32.0. The fraction of sp³-hybridized carbons (Fsp3) is 0.500. The first-order valence-electron chi connectivity index (χ1n) is 13.2.